The predicted octanol–water partition coefficient (Wildman–Crippen LogP) is 5.33. The molecule has 6 nitrogen and oxygen atoms in total. The summed E-state index contributed by atoms with van der Waals surface area (Å²) in [6.07, 6.45) is 8.32. The second-order valence-corrected chi connectivity index (χ2v) is 8.70. The van der Waals surface area contributed by atoms with Gasteiger partial charge in [0.1, 0.15) is 0 Å². The Morgan fingerprint density at radius 1 is 0.973 bits per heavy atom. The highest BCUT2D eigenvalue weighted by Gasteiger charge is 2.05. The number of benzene rings is 2. The first-order chi connectivity index (χ1) is 17.9. The summed E-state index contributed by atoms with van der Waals surface area (Å²) in [7, 11) is 1.70. The summed E-state index contributed by atoms with van der Waals surface area (Å²) in [5.41, 5.74) is 5.57. The van der Waals surface area contributed by atoms with Crippen LogP contribution in [0.2, 0.25) is 0 Å². The fourth-order valence-electron chi connectivity index (χ4n) is 3.66. The average Bonchev–Trinajstić information content (AvgIpc) is 2.91. The van der Waals surface area contributed by atoms with E-state index in [0.717, 1.165) is 29.5 Å². The molecule has 6 heteroatoms. The third kappa shape index (κ3) is 10.8. The summed E-state index contributed by atoms with van der Waals surface area (Å²) in [6, 6.07) is 16.0. The lowest BCUT2D eigenvalue weighted by Crippen LogP contribution is -2.21. The molecular weight excluding hydrogens is 464 g/mol. The van der Waals surface area contributed by atoms with E-state index >= 15 is 0 Å². The minimum atomic E-state index is -0.158. The predicted molar refractivity (Wildman–Crippen MR) is 149 cm³/mol. The molecule has 0 bridgehead atoms. The largest absolute Gasteiger partial charge is 0.466 e. The Labute approximate surface area is 220 Å². The van der Waals surface area contributed by atoms with Gasteiger partial charge in [-0.2, -0.15) is 0 Å². The molecule has 0 heterocycles. The highest BCUT2D eigenvalue weighted by molar-refractivity contribution is 6.13. The molecule has 0 aliphatic rings. The Kier molecular flexibility index (Phi) is 12.8. The number of hydrogen-bond acceptors (Lipinski definition) is 5. The lowest BCUT2D eigenvalue weighted by Gasteiger charge is -2.06. The number of aryl methyl sites for hydroxylation is 1. The Morgan fingerprint density at radius 3 is 2.38 bits per heavy atom. The number of amides is 1. The molecule has 0 atom stereocenters. The maximum absolute atomic E-state index is 12.7. The van der Waals surface area contributed by atoms with Crippen molar-refractivity contribution in [2.75, 3.05) is 13.7 Å². The first kappa shape index (κ1) is 29.4. The zero-order chi connectivity index (χ0) is 27.0. The number of esters is 1. The van der Waals surface area contributed by atoms with E-state index in [4.69, 9.17) is 4.74 Å². The highest BCUT2D eigenvalue weighted by atomic mass is 16.5. The average molecular weight is 503 g/mol. The molecule has 2 aromatic rings. The van der Waals surface area contributed by atoms with Crippen molar-refractivity contribution in [2.45, 2.75) is 59.4 Å². The number of hydrogen-bond donors (Lipinski definition) is 1. The molecule has 0 aliphatic heterocycles. The van der Waals surface area contributed by atoms with Crippen molar-refractivity contribution in [3.63, 3.8) is 0 Å². The van der Waals surface area contributed by atoms with Crippen molar-refractivity contribution < 1.29 is 19.1 Å². The van der Waals surface area contributed by atoms with Gasteiger partial charge in [-0.3, -0.25) is 19.4 Å². The van der Waals surface area contributed by atoms with Gasteiger partial charge in [0, 0.05) is 26.4 Å². The molecule has 37 heavy (non-hydrogen) atoms. The van der Waals surface area contributed by atoms with Crippen LogP contribution in [0.5, 0.6) is 0 Å². The molecular formula is C31H38N2O4. The third-order valence-electron chi connectivity index (χ3n) is 5.87. The van der Waals surface area contributed by atoms with Crippen molar-refractivity contribution in [2.24, 2.45) is 4.99 Å². The van der Waals surface area contributed by atoms with E-state index in [-0.39, 0.29) is 17.7 Å². The molecule has 0 aliphatic carbocycles. The number of nitrogens with one attached hydrogen (secondary N) is 1. The van der Waals surface area contributed by atoms with E-state index in [1.54, 1.807) is 19.2 Å². The summed E-state index contributed by atoms with van der Waals surface area (Å²) in [5, 5.41) is 2.86. The standard InChI is InChI=1S/C31H38N2O4/c1-5-30(35)33-22-26-15-17-27(18-16-26)28(32-4)19-20-29(34)23(3)13-14-25-10-7-9-24(21-25)11-8-12-31(36)37-6-2/h7,9-10,13,15-21H,5-6,8,11-12,14,22H2,1-4H3,(H,33,35)/b20-19-,23-13?,32-28?. The van der Waals surface area contributed by atoms with Crippen molar-refractivity contribution >= 4 is 23.4 Å². The Hall–Kier alpha value is -3.80. The van der Waals surface area contributed by atoms with Crippen molar-refractivity contribution in [3.8, 4) is 0 Å². The van der Waals surface area contributed by atoms with E-state index in [0.29, 0.717) is 43.7 Å². The molecule has 0 aromatic heterocycles. The van der Waals surface area contributed by atoms with E-state index in [9.17, 15) is 14.4 Å². The molecule has 2 aromatic carbocycles. The molecule has 2 rings (SSSR count). The number of carbonyl (C=O) groups is 3. The van der Waals surface area contributed by atoms with Crippen molar-refractivity contribution in [1.82, 2.24) is 5.32 Å². The third-order valence-corrected chi connectivity index (χ3v) is 5.87. The van der Waals surface area contributed by atoms with Crippen LogP contribution >= 0.6 is 0 Å². The number of ether oxygens (including phenoxy) is 1. The van der Waals surface area contributed by atoms with Crippen LogP contribution in [-0.4, -0.2) is 37.0 Å². The van der Waals surface area contributed by atoms with Gasteiger partial charge in [-0.15, -0.1) is 0 Å². The summed E-state index contributed by atoms with van der Waals surface area (Å²) in [5.74, 6) is -0.205. The summed E-state index contributed by atoms with van der Waals surface area (Å²) in [4.78, 5) is 40.0. The fraction of sp³-hybridized carbons (Fsp3) is 0.355. The number of allylic oxidation sites excluding steroid dienone is 4. The van der Waals surface area contributed by atoms with Crippen LogP contribution in [0.3, 0.4) is 0 Å². The summed E-state index contributed by atoms with van der Waals surface area (Å²) < 4.78 is 4.98. The zero-order valence-corrected chi connectivity index (χ0v) is 22.4. The number of carbonyl (C=O) groups excluding carboxylic acids is 3. The molecule has 196 valence electrons. The Balaban J connectivity index is 1.92. The Bertz CT molecular complexity index is 1140. The minimum Gasteiger partial charge on any atom is -0.466 e. The van der Waals surface area contributed by atoms with E-state index in [2.05, 4.69) is 22.4 Å². The summed E-state index contributed by atoms with van der Waals surface area (Å²) in [6.45, 7) is 6.35. The van der Waals surface area contributed by atoms with E-state index < -0.39 is 0 Å². The molecule has 0 fully saturated rings. The second kappa shape index (κ2) is 16.0. The topological polar surface area (TPSA) is 84.8 Å². The maximum atomic E-state index is 12.7. The van der Waals surface area contributed by atoms with Gasteiger partial charge in [0.25, 0.3) is 0 Å². The van der Waals surface area contributed by atoms with Gasteiger partial charge < -0.3 is 10.1 Å². The van der Waals surface area contributed by atoms with Crippen LogP contribution in [0, 0.1) is 0 Å². The van der Waals surface area contributed by atoms with Gasteiger partial charge >= 0.3 is 5.97 Å². The molecule has 0 saturated carbocycles. The molecule has 0 saturated heterocycles. The summed E-state index contributed by atoms with van der Waals surface area (Å²) >= 11 is 0. The lowest BCUT2D eigenvalue weighted by atomic mass is 10.0. The van der Waals surface area contributed by atoms with Crippen LogP contribution in [0.25, 0.3) is 0 Å². The van der Waals surface area contributed by atoms with Crippen LogP contribution in [0.1, 0.15) is 62.3 Å². The lowest BCUT2D eigenvalue weighted by molar-refractivity contribution is -0.143. The number of nitrogens with zero attached hydrogens (tertiary/aromatic N) is 1. The first-order valence-corrected chi connectivity index (χ1v) is 12.8. The van der Waals surface area contributed by atoms with E-state index in [1.165, 1.54) is 5.56 Å². The molecule has 0 spiro atoms. The van der Waals surface area contributed by atoms with Gasteiger partial charge in [-0.1, -0.05) is 61.5 Å². The van der Waals surface area contributed by atoms with Crippen LogP contribution in [0.15, 0.2) is 77.3 Å². The minimum absolute atomic E-state index is 0.0171. The van der Waals surface area contributed by atoms with Gasteiger partial charge in [0.2, 0.25) is 5.91 Å². The van der Waals surface area contributed by atoms with Crippen LogP contribution in [-0.2, 0) is 38.5 Å². The fourth-order valence-corrected chi connectivity index (χ4v) is 3.66. The first-order valence-electron chi connectivity index (χ1n) is 12.8. The van der Waals surface area contributed by atoms with Crippen LogP contribution in [0.4, 0.5) is 0 Å². The van der Waals surface area contributed by atoms with Gasteiger partial charge in [0.05, 0.1) is 12.3 Å². The number of rotatable bonds is 14. The van der Waals surface area contributed by atoms with E-state index in [1.807, 2.05) is 63.2 Å². The zero-order valence-electron chi connectivity index (χ0n) is 22.4. The molecule has 1 N–H and O–H groups in total. The highest BCUT2D eigenvalue weighted by Crippen LogP contribution is 2.12. The van der Waals surface area contributed by atoms with Gasteiger partial charge in [-0.25, -0.2) is 0 Å². The smallest absolute Gasteiger partial charge is 0.305 e. The van der Waals surface area contributed by atoms with Crippen molar-refractivity contribution in [3.05, 3.63) is 94.6 Å². The quantitative estimate of drug-likeness (QED) is 0.215. The molecule has 0 unspecified atom stereocenters. The number of aliphatic imine (C=N–C) groups is 1. The molecule has 0 radical (unpaired) electrons. The molecule has 1 amide bonds. The Morgan fingerprint density at radius 2 is 1.70 bits per heavy atom. The SMILES string of the molecule is CCOC(=O)CCCc1cccc(CC=C(C)C(=O)/C=C\C(=NC)c2ccc(CNC(=O)CC)cc2)c1. The van der Waals surface area contributed by atoms with Gasteiger partial charge in [0.15, 0.2) is 5.78 Å². The van der Waals surface area contributed by atoms with Crippen LogP contribution < -0.4 is 5.32 Å². The van der Waals surface area contributed by atoms with Crippen molar-refractivity contribution in [1.29, 1.82) is 0 Å². The number of ketones is 1. The monoisotopic (exact) mass is 502 g/mol. The normalized spacial score (nSPS) is 12.0. The second-order valence-electron chi connectivity index (χ2n) is 8.70. The van der Waals surface area contributed by atoms with Gasteiger partial charge in [-0.05, 0) is 73.1 Å². The maximum Gasteiger partial charge on any atom is 0.305 e.